The first kappa shape index (κ1) is 22.4. The smallest absolute Gasteiger partial charge is 0.227 e. The van der Waals surface area contributed by atoms with Crippen LogP contribution in [0, 0.1) is 12.8 Å². The van der Waals surface area contributed by atoms with Crippen LogP contribution in [0.3, 0.4) is 0 Å². The Bertz CT molecular complexity index is 1050. The van der Waals surface area contributed by atoms with Crippen molar-refractivity contribution in [3.8, 4) is 17.3 Å². The van der Waals surface area contributed by atoms with Crippen molar-refractivity contribution in [2.75, 3.05) is 20.3 Å². The van der Waals surface area contributed by atoms with Crippen molar-refractivity contribution in [3.63, 3.8) is 0 Å². The number of ether oxygens (including phenoxy) is 2. The van der Waals surface area contributed by atoms with Crippen molar-refractivity contribution in [2.45, 2.75) is 32.7 Å². The predicted octanol–water partition coefficient (Wildman–Crippen LogP) is 5.40. The van der Waals surface area contributed by atoms with E-state index in [2.05, 4.69) is 0 Å². The van der Waals surface area contributed by atoms with E-state index in [1.165, 1.54) is 0 Å². The summed E-state index contributed by atoms with van der Waals surface area (Å²) in [5.41, 5.74) is 2.59. The van der Waals surface area contributed by atoms with Crippen molar-refractivity contribution in [1.29, 1.82) is 0 Å². The normalized spacial score (nSPS) is 13.6. The monoisotopic (exact) mass is 453 g/mol. The van der Waals surface area contributed by atoms with Gasteiger partial charge >= 0.3 is 0 Å². The van der Waals surface area contributed by atoms with E-state index in [1.807, 2.05) is 54.3 Å². The molecule has 0 unspecified atom stereocenters. The lowest BCUT2D eigenvalue weighted by atomic mass is 9.84. The van der Waals surface area contributed by atoms with Gasteiger partial charge in [-0.15, -0.1) is 0 Å². The van der Waals surface area contributed by atoms with Gasteiger partial charge in [0, 0.05) is 24.6 Å². The standard InChI is InChI=1S/C25H28ClN3O3/c1-18-23(17-28(15-16-31-2)24(30)19-7-6-8-19)25(32-22-13-11-20(26)12-14-22)29(27-18)21-9-4-3-5-10-21/h3-5,9-14,19H,6-8,15-17H2,1-2H3. The van der Waals surface area contributed by atoms with E-state index >= 15 is 0 Å². The molecule has 1 aromatic heterocycles. The van der Waals surface area contributed by atoms with E-state index in [4.69, 9.17) is 26.2 Å². The first-order chi connectivity index (χ1) is 15.6. The highest BCUT2D eigenvalue weighted by atomic mass is 35.5. The van der Waals surface area contributed by atoms with Crippen molar-refractivity contribution < 1.29 is 14.3 Å². The zero-order valence-corrected chi connectivity index (χ0v) is 19.2. The third-order valence-electron chi connectivity index (χ3n) is 5.85. The molecule has 2 aromatic carbocycles. The Hall–Kier alpha value is -2.83. The van der Waals surface area contributed by atoms with Crippen LogP contribution < -0.4 is 4.74 Å². The van der Waals surface area contributed by atoms with Gasteiger partial charge in [0.05, 0.1) is 30.1 Å². The van der Waals surface area contributed by atoms with Crippen molar-refractivity contribution in [2.24, 2.45) is 5.92 Å². The lowest BCUT2D eigenvalue weighted by Gasteiger charge is -2.31. The van der Waals surface area contributed by atoms with Crippen LogP contribution in [0.2, 0.25) is 5.02 Å². The molecule has 0 bridgehead atoms. The van der Waals surface area contributed by atoms with Crippen LogP contribution in [0.5, 0.6) is 11.6 Å². The lowest BCUT2D eigenvalue weighted by molar-refractivity contribution is -0.139. The fourth-order valence-corrected chi connectivity index (χ4v) is 3.88. The predicted molar refractivity (Wildman–Crippen MR) is 124 cm³/mol. The van der Waals surface area contributed by atoms with Crippen LogP contribution in [0.4, 0.5) is 0 Å². The third-order valence-corrected chi connectivity index (χ3v) is 6.10. The van der Waals surface area contributed by atoms with Gasteiger partial charge in [-0.25, -0.2) is 4.68 Å². The van der Waals surface area contributed by atoms with E-state index in [1.54, 1.807) is 23.9 Å². The molecular formula is C25H28ClN3O3. The molecule has 1 fully saturated rings. The molecule has 0 saturated heterocycles. The Kier molecular flexibility index (Phi) is 7.12. The minimum Gasteiger partial charge on any atom is -0.439 e. The fraction of sp³-hybridized carbons (Fsp3) is 0.360. The molecule has 1 saturated carbocycles. The molecule has 3 aromatic rings. The largest absolute Gasteiger partial charge is 0.439 e. The summed E-state index contributed by atoms with van der Waals surface area (Å²) in [6.07, 6.45) is 3.03. The van der Waals surface area contributed by atoms with Gasteiger partial charge in [-0.05, 0) is 56.2 Å². The number of aryl methyl sites for hydroxylation is 1. The van der Waals surface area contributed by atoms with Gasteiger partial charge < -0.3 is 14.4 Å². The molecule has 1 amide bonds. The average Bonchev–Trinajstić information content (AvgIpc) is 3.07. The van der Waals surface area contributed by atoms with Gasteiger partial charge in [-0.1, -0.05) is 36.2 Å². The number of carbonyl (C=O) groups is 1. The number of nitrogens with zero attached hydrogens (tertiary/aromatic N) is 3. The Morgan fingerprint density at radius 2 is 1.88 bits per heavy atom. The molecule has 0 N–H and O–H groups in total. The second kappa shape index (κ2) is 10.2. The molecule has 32 heavy (non-hydrogen) atoms. The highest BCUT2D eigenvalue weighted by Gasteiger charge is 2.31. The maximum atomic E-state index is 13.1. The van der Waals surface area contributed by atoms with E-state index in [0.717, 1.165) is 36.2 Å². The molecule has 0 aliphatic heterocycles. The van der Waals surface area contributed by atoms with Crippen LogP contribution in [0.25, 0.3) is 5.69 Å². The van der Waals surface area contributed by atoms with Crippen LogP contribution in [-0.2, 0) is 16.1 Å². The number of hydrogen-bond donors (Lipinski definition) is 0. The third kappa shape index (κ3) is 4.97. The summed E-state index contributed by atoms with van der Waals surface area (Å²) in [5.74, 6) is 1.54. The molecule has 1 aliphatic carbocycles. The number of benzene rings is 2. The average molecular weight is 454 g/mol. The molecular weight excluding hydrogens is 426 g/mol. The zero-order chi connectivity index (χ0) is 22.5. The maximum Gasteiger partial charge on any atom is 0.227 e. The quantitative estimate of drug-likeness (QED) is 0.435. The van der Waals surface area contributed by atoms with E-state index in [0.29, 0.717) is 36.3 Å². The summed E-state index contributed by atoms with van der Waals surface area (Å²) in [5, 5.41) is 5.40. The van der Waals surface area contributed by atoms with Gasteiger partial charge in [-0.3, -0.25) is 4.79 Å². The summed E-state index contributed by atoms with van der Waals surface area (Å²) in [4.78, 5) is 15.0. The van der Waals surface area contributed by atoms with E-state index < -0.39 is 0 Å². The lowest BCUT2D eigenvalue weighted by Crippen LogP contribution is -2.40. The summed E-state index contributed by atoms with van der Waals surface area (Å²) in [6.45, 7) is 3.38. The number of rotatable bonds is 9. The molecule has 168 valence electrons. The number of halogens is 1. The van der Waals surface area contributed by atoms with Crippen LogP contribution in [-0.4, -0.2) is 40.8 Å². The van der Waals surface area contributed by atoms with Crippen molar-refractivity contribution in [3.05, 3.63) is 70.9 Å². The summed E-state index contributed by atoms with van der Waals surface area (Å²) in [6, 6.07) is 17.1. The Balaban J connectivity index is 1.71. The number of amides is 1. The second-order valence-corrected chi connectivity index (χ2v) is 8.49. The number of methoxy groups -OCH3 is 1. The minimum atomic E-state index is 0.108. The molecule has 7 heteroatoms. The van der Waals surface area contributed by atoms with E-state index in [9.17, 15) is 4.79 Å². The Labute approximate surface area is 193 Å². The molecule has 4 rings (SSSR count). The van der Waals surface area contributed by atoms with Gasteiger partial charge in [0.25, 0.3) is 0 Å². The SMILES string of the molecule is COCCN(Cc1c(C)nn(-c2ccccc2)c1Oc1ccc(Cl)cc1)C(=O)C1CCC1. The van der Waals surface area contributed by atoms with Crippen LogP contribution in [0.1, 0.15) is 30.5 Å². The topological polar surface area (TPSA) is 56.6 Å². The van der Waals surface area contributed by atoms with Crippen LogP contribution in [0.15, 0.2) is 54.6 Å². The maximum absolute atomic E-state index is 13.1. The molecule has 0 atom stereocenters. The van der Waals surface area contributed by atoms with E-state index in [-0.39, 0.29) is 11.8 Å². The zero-order valence-electron chi connectivity index (χ0n) is 18.5. The van der Waals surface area contributed by atoms with Gasteiger partial charge in [0.1, 0.15) is 5.75 Å². The molecule has 0 spiro atoms. The number of carbonyl (C=O) groups excluding carboxylic acids is 1. The Morgan fingerprint density at radius 1 is 1.16 bits per heavy atom. The molecule has 1 heterocycles. The number of aromatic nitrogens is 2. The number of para-hydroxylation sites is 1. The summed E-state index contributed by atoms with van der Waals surface area (Å²) < 4.78 is 13.4. The summed E-state index contributed by atoms with van der Waals surface area (Å²) in [7, 11) is 1.65. The highest BCUT2D eigenvalue weighted by Crippen LogP contribution is 2.34. The van der Waals surface area contributed by atoms with Crippen molar-refractivity contribution >= 4 is 17.5 Å². The first-order valence-electron chi connectivity index (χ1n) is 10.9. The first-order valence-corrected chi connectivity index (χ1v) is 11.3. The highest BCUT2D eigenvalue weighted by molar-refractivity contribution is 6.30. The minimum absolute atomic E-state index is 0.108. The van der Waals surface area contributed by atoms with Crippen molar-refractivity contribution in [1.82, 2.24) is 14.7 Å². The second-order valence-electron chi connectivity index (χ2n) is 8.05. The fourth-order valence-electron chi connectivity index (χ4n) is 3.76. The number of hydrogen-bond acceptors (Lipinski definition) is 4. The molecule has 1 aliphatic rings. The molecule has 0 radical (unpaired) electrons. The van der Waals surface area contributed by atoms with Gasteiger partial charge in [0.15, 0.2) is 0 Å². The van der Waals surface area contributed by atoms with Gasteiger partial charge in [0.2, 0.25) is 11.8 Å². The molecule has 6 nitrogen and oxygen atoms in total. The van der Waals surface area contributed by atoms with Gasteiger partial charge in [-0.2, -0.15) is 5.10 Å². The Morgan fingerprint density at radius 3 is 2.50 bits per heavy atom. The van der Waals surface area contributed by atoms with Crippen LogP contribution >= 0.6 is 11.6 Å². The summed E-state index contributed by atoms with van der Waals surface area (Å²) >= 11 is 6.05.